The number of carbonyl (C=O) groups is 2. The van der Waals surface area contributed by atoms with Crippen molar-refractivity contribution in [3.63, 3.8) is 0 Å². The van der Waals surface area contributed by atoms with Crippen LogP contribution in [-0.2, 0) is 4.79 Å². The molecule has 98 valence electrons. The fourth-order valence-electron chi connectivity index (χ4n) is 1.56. The minimum absolute atomic E-state index is 0.0677. The Morgan fingerprint density at radius 2 is 1.89 bits per heavy atom. The monoisotopic (exact) mass is 254 g/mol. The first-order valence-electron chi connectivity index (χ1n) is 5.49. The van der Waals surface area contributed by atoms with E-state index in [1.807, 2.05) is 0 Å². The van der Waals surface area contributed by atoms with E-state index in [0.29, 0.717) is 0 Å². The maximum atomic E-state index is 13.1. The molecule has 1 rings (SSSR count). The summed E-state index contributed by atoms with van der Waals surface area (Å²) >= 11 is 0. The topological polar surface area (TPSA) is 63.6 Å². The quantitative estimate of drug-likeness (QED) is 0.819. The summed E-state index contributed by atoms with van der Waals surface area (Å²) in [5.41, 5.74) is 0.0677. The molecule has 0 aliphatic rings. The average Bonchev–Trinajstić information content (AvgIpc) is 2.35. The minimum Gasteiger partial charge on any atom is -0.496 e. The van der Waals surface area contributed by atoms with Crippen LogP contribution >= 0.6 is 0 Å². The molecule has 1 aromatic carbocycles. The first-order valence-corrected chi connectivity index (χ1v) is 5.49. The molecule has 1 aromatic rings. The Labute approximate surface area is 104 Å². The van der Waals surface area contributed by atoms with Gasteiger partial charge in [0.2, 0.25) is 0 Å². The largest absolute Gasteiger partial charge is 0.496 e. The zero-order valence-electron chi connectivity index (χ0n) is 10.4. The van der Waals surface area contributed by atoms with E-state index in [4.69, 9.17) is 9.84 Å². The van der Waals surface area contributed by atoms with Crippen molar-refractivity contribution in [3.8, 4) is 5.75 Å². The molecule has 0 radical (unpaired) electrons. The van der Waals surface area contributed by atoms with Gasteiger partial charge in [-0.15, -0.1) is 0 Å². The fourth-order valence-corrected chi connectivity index (χ4v) is 1.56. The van der Waals surface area contributed by atoms with Crippen LogP contribution in [0.1, 0.15) is 24.2 Å². The number of rotatable bonds is 5. The van der Waals surface area contributed by atoms with Gasteiger partial charge in [-0.3, -0.25) is 9.59 Å². The molecule has 18 heavy (non-hydrogen) atoms. The van der Waals surface area contributed by atoms with Crippen molar-refractivity contribution in [2.24, 2.45) is 11.8 Å². The lowest BCUT2D eigenvalue weighted by molar-refractivity contribution is -0.142. The number of carboxylic acid groups (broad SMARTS) is 1. The maximum Gasteiger partial charge on any atom is 0.306 e. The number of carboxylic acids is 1. The maximum absolute atomic E-state index is 13.1. The Bertz CT molecular complexity index is 470. The molecule has 0 amide bonds. The molecule has 0 heterocycles. The zero-order chi connectivity index (χ0) is 13.9. The molecule has 0 saturated heterocycles. The second-order valence-corrected chi connectivity index (χ2v) is 4.12. The van der Waals surface area contributed by atoms with Crippen LogP contribution in [0.3, 0.4) is 0 Å². The number of halogens is 1. The van der Waals surface area contributed by atoms with E-state index >= 15 is 0 Å². The number of benzene rings is 1. The number of hydrogen-bond acceptors (Lipinski definition) is 3. The number of carbonyl (C=O) groups excluding carboxylic acids is 1. The third kappa shape index (κ3) is 2.85. The molecular formula is C13H15FO4. The van der Waals surface area contributed by atoms with Crippen LogP contribution < -0.4 is 4.74 Å². The first kappa shape index (κ1) is 14.2. The van der Waals surface area contributed by atoms with Crippen molar-refractivity contribution in [1.29, 1.82) is 0 Å². The Kier molecular flexibility index (Phi) is 4.42. The highest BCUT2D eigenvalue weighted by molar-refractivity contribution is 6.01. The summed E-state index contributed by atoms with van der Waals surface area (Å²) in [6, 6.07) is 3.59. The van der Waals surface area contributed by atoms with Gasteiger partial charge >= 0.3 is 5.97 Å². The highest BCUT2D eigenvalue weighted by Crippen LogP contribution is 2.25. The molecule has 4 nitrogen and oxygen atoms in total. The van der Waals surface area contributed by atoms with E-state index in [-0.39, 0.29) is 11.3 Å². The Morgan fingerprint density at radius 1 is 1.28 bits per heavy atom. The van der Waals surface area contributed by atoms with Crippen molar-refractivity contribution in [2.75, 3.05) is 7.11 Å². The van der Waals surface area contributed by atoms with Gasteiger partial charge in [0.15, 0.2) is 5.78 Å². The summed E-state index contributed by atoms with van der Waals surface area (Å²) in [4.78, 5) is 23.0. The summed E-state index contributed by atoms with van der Waals surface area (Å²) in [6.07, 6.45) is 0. The summed E-state index contributed by atoms with van der Waals surface area (Å²) in [5.74, 6) is -3.42. The highest BCUT2D eigenvalue weighted by Gasteiger charge is 2.28. The lowest BCUT2D eigenvalue weighted by atomic mass is 9.88. The fraction of sp³-hybridized carbons (Fsp3) is 0.385. The summed E-state index contributed by atoms with van der Waals surface area (Å²) < 4.78 is 18.1. The first-order chi connectivity index (χ1) is 8.38. The highest BCUT2D eigenvalue weighted by atomic mass is 19.1. The van der Waals surface area contributed by atoms with Gasteiger partial charge in [0.05, 0.1) is 18.6 Å². The molecule has 1 N–H and O–H groups in total. The van der Waals surface area contributed by atoms with E-state index < -0.39 is 29.4 Å². The summed E-state index contributed by atoms with van der Waals surface area (Å²) in [5, 5.41) is 8.87. The third-order valence-corrected chi connectivity index (χ3v) is 2.98. The van der Waals surface area contributed by atoms with Crippen molar-refractivity contribution in [1.82, 2.24) is 0 Å². The van der Waals surface area contributed by atoms with Gasteiger partial charge in [0.25, 0.3) is 0 Å². The number of ketones is 1. The van der Waals surface area contributed by atoms with Gasteiger partial charge in [-0.1, -0.05) is 13.8 Å². The lowest BCUT2D eigenvalue weighted by Crippen LogP contribution is -2.25. The van der Waals surface area contributed by atoms with Crippen molar-refractivity contribution < 1.29 is 23.8 Å². The van der Waals surface area contributed by atoms with Crippen LogP contribution in [0.2, 0.25) is 0 Å². The molecule has 2 unspecified atom stereocenters. The van der Waals surface area contributed by atoms with Gasteiger partial charge in [0, 0.05) is 5.92 Å². The molecule has 0 fully saturated rings. The lowest BCUT2D eigenvalue weighted by Gasteiger charge is -2.16. The molecule has 0 aliphatic heterocycles. The van der Waals surface area contributed by atoms with E-state index in [9.17, 15) is 14.0 Å². The number of methoxy groups -OCH3 is 1. The molecule has 0 spiro atoms. The van der Waals surface area contributed by atoms with Crippen LogP contribution in [0.15, 0.2) is 18.2 Å². The summed E-state index contributed by atoms with van der Waals surface area (Å²) in [6.45, 7) is 2.95. The molecule has 0 saturated carbocycles. The van der Waals surface area contributed by atoms with Gasteiger partial charge in [-0.05, 0) is 18.2 Å². The smallest absolute Gasteiger partial charge is 0.306 e. The molecule has 2 atom stereocenters. The van der Waals surface area contributed by atoms with Crippen molar-refractivity contribution in [3.05, 3.63) is 29.6 Å². The summed E-state index contributed by atoms with van der Waals surface area (Å²) in [7, 11) is 1.37. The molecule has 0 aliphatic carbocycles. The predicted octanol–water partition coefficient (Wildman–Crippen LogP) is 2.37. The van der Waals surface area contributed by atoms with E-state index in [2.05, 4.69) is 0 Å². The standard InChI is InChI=1S/C13H15FO4/c1-7(8(2)13(16)17)12(15)10-6-9(14)4-5-11(10)18-3/h4-8H,1-3H3,(H,16,17). The van der Waals surface area contributed by atoms with E-state index in [1.165, 1.54) is 33.1 Å². The van der Waals surface area contributed by atoms with Gasteiger partial charge in [-0.2, -0.15) is 0 Å². The third-order valence-electron chi connectivity index (χ3n) is 2.98. The number of aliphatic carboxylic acids is 1. The SMILES string of the molecule is COc1ccc(F)cc1C(=O)C(C)C(C)C(=O)O. The molecular weight excluding hydrogens is 239 g/mol. The Hall–Kier alpha value is -1.91. The Morgan fingerprint density at radius 3 is 2.39 bits per heavy atom. The van der Waals surface area contributed by atoms with E-state index in [1.54, 1.807) is 0 Å². The van der Waals surface area contributed by atoms with Crippen LogP contribution in [-0.4, -0.2) is 24.0 Å². The number of Topliss-reactive ketones (excluding diaryl/α,β-unsaturated/α-hetero) is 1. The minimum atomic E-state index is -1.06. The number of ether oxygens (including phenoxy) is 1. The van der Waals surface area contributed by atoms with Crippen molar-refractivity contribution >= 4 is 11.8 Å². The predicted molar refractivity (Wildman–Crippen MR) is 63.2 cm³/mol. The van der Waals surface area contributed by atoms with Gasteiger partial charge < -0.3 is 9.84 Å². The van der Waals surface area contributed by atoms with Crippen molar-refractivity contribution in [2.45, 2.75) is 13.8 Å². The average molecular weight is 254 g/mol. The second-order valence-electron chi connectivity index (χ2n) is 4.12. The van der Waals surface area contributed by atoms with Gasteiger partial charge in [0.1, 0.15) is 11.6 Å². The van der Waals surface area contributed by atoms with E-state index in [0.717, 1.165) is 6.07 Å². The van der Waals surface area contributed by atoms with Gasteiger partial charge in [-0.25, -0.2) is 4.39 Å². The van der Waals surface area contributed by atoms with Crippen LogP contribution in [0.5, 0.6) is 5.75 Å². The zero-order valence-corrected chi connectivity index (χ0v) is 10.4. The second kappa shape index (κ2) is 5.62. The molecule has 0 bridgehead atoms. The van der Waals surface area contributed by atoms with Crippen LogP contribution in [0, 0.1) is 17.7 Å². The number of hydrogen-bond donors (Lipinski definition) is 1. The normalized spacial score (nSPS) is 13.8. The van der Waals surface area contributed by atoms with Crippen LogP contribution in [0.25, 0.3) is 0 Å². The Balaban J connectivity index is 3.10. The molecule has 5 heteroatoms. The van der Waals surface area contributed by atoms with Crippen LogP contribution in [0.4, 0.5) is 4.39 Å². The molecule has 0 aromatic heterocycles.